The van der Waals surface area contributed by atoms with Crippen LogP contribution in [0.1, 0.15) is 5.69 Å². The van der Waals surface area contributed by atoms with E-state index in [0.717, 1.165) is 32.2 Å². The number of thiazole rings is 1. The molecule has 0 atom stereocenters. The lowest BCUT2D eigenvalue weighted by Gasteiger charge is -2.06. The summed E-state index contributed by atoms with van der Waals surface area (Å²) in [6, 6.07) is 15.4. The minimum atomic E-state index is -0.151. The summed E-state index contributed by atoms with van der Waals surface area (Å²) in [7, 11) is 1.64. The van der Waals surface area contributed by atoms with Gasteiger partial charge in [0, 0.05) is 9.85 Å². The van der Waals surface area contributed by atoms with Crippen LogP contribution in [0, 0.1) is 0 Å². The predicted molar refractivity (Wildman–Crippen MR) is 124 cm³/mol. The summed E-state index contributed by atoms with van der Waals surface area (Å²) >= 11 is 5.00. The lowest BCUT2D eigenvalue weighted by atomic mass is 10.2. The van der Waals surface area contributed by atoms with Crippen LogP contribution in [0.25, 0.3) is 27.3 Å². The molecule has 0 aliphatic rings. The minimum absolute atomic E-state index is 0.151. The van der Waals surface area contributed by atoms with Gasteiger partial charge in [0.15, 0.2) is 5.65 Å². The Morgan fingerprint density at radius 1 is 1.16 bits per heavy atom. The van der Waals surface area contributed by atoms with Gasteiger partial charge in [0.05, 0.1) is 36.8 Å². The number of hydrogen-bond acceptors (Lipinski definition) is 6. The molecule has 0 fully saturated rings. The van der Waals surface area contributed by atoms with E-state index in [-0.39, 0.29) is 5.56 Å². The van der Waals surface area contributed by atoms with Gasteiger partial charge in [0.1, 0.15) is 22.5 Å². The number of benzene rings is 2. The van der Waals surface area contributed by atoms with E-state index in [2.05, 4.69) is 26.0 Å². The number of rotatable bonds is 5. The summed E-state index contributed by atoms with van der Waals surface area (Å²) < 4.78 is 9.63. The molecule has 0 spiro atoms. The second kappa shape index (κ2) is 8.09. The molecule has 9 heteroatoms. The smallest absolute Gasteiger partial charge is 0.264 e. The summed E-state index contributed by atoms with van der Waals surface area (Å²) in [6.45, 7) is 0.325. The van der Waals surface area contributed by atoms with Gasteiger partial charge in [-0.05, 0) is 30.3 Å². The van der Waals surface area contributed by atoms with E-state index in [1.807, 2.05) is 53.9 Å². The van der Waals surface area contributed by atoms with Gasteiger partial charge >= 0.3 is 0 Å². The molecule has 154 valence electrons. The van der Waals surface area contributed by atoms with Crippen molar-refractivity contribution in [3.05, 3.63) is 87.0 Å². The lowest BCUT2D eigenvalue weighted by molar-refractivity contribution is 0.416. The van der Waals surface area contributed by atoms with Crippen molar-refractivity contribution >= 4 is 38.3 Å². The van der Waals surface area contributed by atoms with Crippen molar-refractivity contribution in [1.29, 1.82) is 0 Å². The molecule has 0 radical (unpaired) electrons. The highest BCUT2D eigenvalue weighted by atomic mass is 79.9. The first-order valence-electron chi connectivity index (χ1n) is 9.41. The molecule has 0 amide bonds. The van der Waals surface area contributed by atoms with Gasteiger partial charge in [-0.25, -0.2) is 14.6 Å². The first-order chi connectivity index (χ1) is 15.1. The third-order valence-electron chi connectivity index (χ3n) is 4.83. The zero-order valence-corrected chi connectivity index (χ0v) is 18.8. The number of ether oxygens (including phenoxy) is 1. The topological polar surface area (TPSA) is 74.8 Å². The van der Waals surface area contributed by atoms with E-state index < -0.39 is 0 Å². The average Bonchev–Trinajstić information content (AvgIpc) is 3.44. The highest BCUT2D eigenvalue weighted by Crippen LogP contribution is 2.34. The quantitative estimate of drug-likeness (QED) is 0.359. The Labute approximate surface area is 189 Å². The van der Waals surface area contributed by atoms with Gasteiger partial charge in [0.25, 0.3) is 5.56 Å². The van der Waals surface area contributed by atoms with Crippen molar-refractivity contribution in [2.45, 2.75) is 6.54 Å². The van der Waals surface area contributed by atoms with E-state index in [1.165, 1.54) is 11.3 Å². The van der Waals surface area contributed by atoms with Crippen LogP contribution in [-0.4, -0.2) is 31.4 Å². The van der Waals surface area contributed by atoms with Crippen LogP contribution in [0.15, 0.2) is 75.7 Å². The van der Waals surface area contributed by atoms with Crippen LogP contribution in [0.5, 0.6) is 5.75 Å². The van der Waals surface area contributed by atoms with E-state index in [0.29, 0.717) is 17.6 Å². The first-order valence-corrected chi connectivity index (χ1v) is 11.1. The first kappa shape index (κ1) is 19.7. The van der Waals surface area contributed by atoms with Gasteiger partial charge in [-0.3, -0.25) is 9.36 Å². The molecule has 7 nitrogen and oxygen atoms in total. The minimum Gasteiger partial charge on any atom is -0.496 e. The number of hydrogen-bond donors (Lipinski definition) is 0. The number of halogens is 1. The third-order valence-corrected chi connectivity index (χ3v) is 6.25. The number of nitrogens with zero attached hydrogens (tertiary/aromatic N) is 5. The second-order valence-electron chi connectivity index (χ2n) is 6.80. The lowest BCUT2D eigenvalue weighted by Crippen LogP contribution is -2.21. The van der Waals surface area contributed by atoms with Gasteiger partial charge in [0.2, 0.25) is 0 Å². The summed E-state index contributed by atoms with van der Waals surface area (Å²) in [5.74, 6) is 0.748. The normalized spacial score (nSPS) is 11.2. The number of methoxy groups -OCH3 is 1. The zero-order chi connectivity index (χ0) is 21.4. The van der Waals surface area contributed by atoms with Crippen LogP contribution >= 0.6 is 27.3 Å². The molecule has 5 rings (SSSR count). The highest BCUT2D eigenvalue weighted by molar-refractivity contribution is 9.10. The van der Waals surface area contributed by atoms with Crippen LogP contribution in [-0.2, 0) is 6.54 Å². The maximum Gasteiger partial charge on any atom is 0.264 e. The van der Waals surface area contributed by atoms with Crippen molar-refractivity contribution in [2.24, 2.45) is 0 Å². The van der Waals surface area contributed by atoms with Crippen LogP contribution < -0.4 is 10.3 Å². The molecule has 0 saturated carbocycles. The monoisotopic (exact) mass is 493 g/mol. The van der Waals surface area contributed by atoms with E-state index >= 15 is 0 Å². The summed E-state index contributed by atoms with van der Waals surface area (Å²) in [5.41, 5.74) is 2.92. The fourth-order valence-corrected chi connectivity index (χ4v) is 4.54. The maximum atomic E-state index is 13.0. The molecule has 31 heavy (non-hydrogen) atoms. The molecule has 3 heterocycles. The number of aromatic nitrogens is 5. The molecule has 2 aromatic carbocycles. The standard InChI is InChI=1S/C22H16BrN5O2S/c1-30-19-8-7-14(23)9-17(19)21-26-15(12-31-21)11-27-13-24-20-18(22(27)29)10-25-28(20)16-5-3-2-4-6-16/h2-10,12-13H,11H2,1H3. The summed E-state index contributed by atoms with van der Waals surface area (Å²) in [4.78, 5) is 22.2. The SMILES string of the molecule is COc1ccc(Br)cc1-c1nc(Cn2cnc3c(cnn3-c3ccccc3)c2=O)cs1. The van der Waals surface area contributed by atoms with E-state index in [1.54, 1.807) is 28.9 Å². The van der Waals surface area contributed by atoms with Crippen molar-refractivity contribution in [3.63, 3.8) is 0 Å². The average molecular weight is 494 g/mol. The molecule has 0 N–H and O–H groups in total. The number of fused-ring (bicyclic) bond motifs is 1. The molecule has 0 unspecified atom stereocenters. The molecule has 0 bridgehead atoms. The Bertz CT molecular complexity index is 1440. The maximum absolute atomic E-state index is 13.0. The van der Waals surface area contributed by atoms with Crippen molar-refractivity contribution < 1.29 is 4.74 Å². The van der Waals surface area contributed by atoms with Crippen molar-refractivity contribution in [1.82, 2.24) is 24.3 Å². The molecular weight excluding hydrogens is 478 g/mol. The molecule has 0 saturated heterocycles. The Balaban J connectivity index is 1.48. The van der Waals surface area contributed by atoms with Gasteiger partial charge < -0.3 is 4.74 Å². The molecule has 5 aromatic rings. The Morgan fingerprint density at radius 2 is 2.00 bits per heavy atom. The van der Waals surface area contributed by atoms with Crippen molar-refractivity contribution in [2.75, 3.05) is 7.11 Å². The second-order valence-corrected chi connectivity index (χ2v) is 8.57. The van der Waals surface area contributed by atoms with Crippen LogP contribution in [0.2, 0.25) is 0 Å². The van der Waals surface area contributed by atoms with E-state index in [9.17, 15) is 4.79 Å². The van der Waals surface area contributed by atoms with Crippen molar-refractivity contribution in [3.8, 4) is 22.0 Å². The Hall–Kier alpha value is -3.30. The zero-order valence-electron chi connectivity index (χ0n) is 16.4. The highest BCUT2D eigenvalue weighted by Gasteiger charge is 2.14. The van der Waals surface area contributed by atoms with Gasteiger partial charge in [-0.2, -0.15) is 5.10 Å². The Morgan fingerprint density at radius 3 is 2.81 bits per heavy atom. The predicted octanol–water partition coefficient (Wildman–Crippen LogP) is 4.53. The molecular formula is C22H16BrN5O2S. The van der Waals surface area contributed by atoms with Crippen LogP contribution in [0.3, 0.4) is 0 Å². The fourth-order valence-electron chi connectivity index (χ4n) is 3.34. The van der Waals surface area contributed by atoms with E-state index in [4.69, 9.17) is 9.72 Å². The Kier molecular flexibility index (Phi) is 5.13. The summed E-state index contributed by atoms with van der Waals surface area (Å²) in [6.07, 6.45) is 3.11. The van der Waals surface area contributed by atoms with Crippen LogP contribution in [0.4, 0.5) is 0 Å². The number of para-hydroxylation sites is 1. The molecule has 0 aliphatic heterocycles. The van der Waals surface area contributed by atoms with Gasteiger partial charge in [-0.1, -0.05) is 34.1 Å². The molecule has 3 aromatic heterocycles. The summed E-state index contributed by atoms with van der Waals surface area (Å²) in [5, 5.41) is 7.59. The van der Waals surface area contributed by atoms with Gasteiger partial charge in [-0.15, -0.1) is 11.3 Å². The third kappa shape index (κ3) is 3.66. The fraction of sp³-hybridized carbons (Fsp3) is 0.0909. The molecule has 0 aliphatic carbocycles. The largest absolute Gasteiger partial charge is 0.496 e.